The second-order valence-corrected chi connectivity index (χ2v) is 6.68. The van der Waals surface area contributed by atoms with E-state index >= 15 is 0 Å². The molecule has 1 heteroatoms. The molecular formula is C18H27F. The summed E-state index contributed by atoms with van der Waals surface area (Å²) in [6, 6.07) is 7.26. The summed E-state index contributed by atoms with van der Waals surface area (Å²) >= 11 is 0. The second-order valence-electron chi connectivity index (χ2n) is 6.68. The molecule has 19 heavy (non-hydrogen) atoms. The minimum absolute atomic E-state index is 0.0362. The van der Waals surface area contributed by atoms with Crippen LogP contribution in [-0.2, 0) is 0 Å². The number of rotatable bonds is 4. The molecule has 0 bridgehead atoms. The fourth-order valence-electron chi connectivity index (χ4n) is 3.59. The maximum atomic E-state index is 13.8. The van der Waals surface area contributed by atoms with Crippen LogP contribution < -0.4 is 0 Å². The van der Waals surface area contributed by atoms with Crippen molar-refractivity contribution in [1.29, 1.82) is 0 Å². The minimum atomic E-state index is -0.0362. The van der Waals surface area contributed by atoms with E-state index in [1.54, 1.807) is 12.1 Å². The van der Waals surface area contributed by atoms with Crippen LogP contribution in [0.1, 0.15) is 64.4 Å². The first-order valence-electron chi connectivity index (χ1n) is 7.82. The van der Waals surface area contributed by atoms with Gasteiger partial charge in [0.15, 0.2) is 0 Å². The molecule has 1 atom stereocenters. The maximum absolute atomic E-state index is 13.8. The molecule has 0 nitrogen and oxygen atoms in total. The Kier molecular flexibility index (Phi) is 5.01. The minimum Gasteiger partial charge on any atom is -0.207 e. The van der Waals surface area contributed by atoms with E-state index in [1.165, 1.54) is 25.7 Å². The number of halogens is 1. The Balaban J connectivity index is 1.87. The summed E-state index contributed by atoms with van der Waals surface area (Å²) in [5.41, 5.74) is 0.897. The van der Waals surface area contributed by atoms with E-state index in [-0.39, 0.29) is 5.82 Å². The van der Waals surface area contributed by atoms with Crippen LogP contribution in [0.4, 0.5) is 4.39 Å². The van der Waals surface area contributed by atoms with Crippen molar-refractivity contribution in [3.63, 3.8) is 0 Å². The quantitative estimate of drug-likeness (QED) is 0.645. The van der Waals surface area contributed by atoms with Crippen molar-refractivity contribution in [2.75, 3.05) is 0 Å². The molecule has 1 saturated carbocycles. The smallest absolute Gasteiger partial charge is 0.126 e. The Morgan fingerprint density at radius 1 is 1.05 bits per heavy atom. The lowest BCUT2D eigenvalue weighted by atomic mass is 9.74. The molecule has 1 aliphatic rings. The Morgan fingerprint density at radius 2 is 1.68 bits per heavy atom. The summed E-state index contributed by atoms with van der Waals surface area (Å²) in [6.45, 7) is 6.85. The van der Waals surface area contributed by atoms with Crippen molar-refractivity contribution in [3.8, 4) is 0 Å². The highest BCUT2D eigenvalue weighted by atomic mass is 19.1. The van der Waals surface area contributed by atoms with E-state index in [1.807, 2.05) is 12.1 Å². The van der Waals surface area contributed by atoms with E-state index in [4.69, 9.17) is 0 Å². The molecule has 0 heterocycles. The Labute approximate surface area is 117 Å². The van der Waals surface area contributed by atoms with Gasteiger partial charge in [-0.05, 0) is 54.6 Å². The third kappa shape index (κ3) is 3.81. The predicted molar refractivity (Wildman–Crippen MR) is 79.7 cm³/mol. The van der Waals surface area contributed by atoms with Gasteiger partial charge in [0, 0.05) is 0 Å². The number of hydrogen-bond acceptors (Lipinski definition) is 0. The van der Waals surface area contributed by atoms with Crippen LogP contribution in [0.15, 0.2) is 24.3 Å². The first-order valence-corrected chi connectivity index (χ1v) is 7.82. The van der Waals surface area contributed by atoms with Crippen molar-refractivity contribution >= 4 is 0 Å². The fraction of sp³-hybridized carbons (Fsp3) is 0.667. The first kappa shape index (κ1) is 14.6. The molecule has 0 radical (unpaired) electrons. The van der Waals surface area contributed by atoms with Crippen LogP contribution in [0.2, 0.25) is 0 Å². The van der Waals surface area contributed by atoms with E-state index in [2.05, 4.69) is 20.8 Å². The molecule has 1 aromatic rings. The van der Waals surface area contributed by atoms with Gasteiger partial charge >= 0.3 is 0 Å². The number of benzene rings is 1. The van der Waals surface area contributed by atoms with Crippen LogP contribution in [0.3, 0.4) is 0 Å². The normalized spacial score (nSPS) is 25.5. The molecule has 1 aliphatic carbocycles. The molecule has 0 saturated heterocycles. The zero-order chi connectivity index (χ0) is 13.8. The molecule has 2 rings (SSSR count). The molecular weight excluding hydrogens is 235 g/mol. The lowest BCUT2D eigenvalue weighted by Gasteiger charge is -2.32. The SMILES string of the molecule is CC(C)C1CCC(C[C@H](C)c2ccccc2F)CC1. The molecule has 1 fully saturated rings. The Morgan fingerprint density at radius 3 is 2.26 bits per heavy atom. The highest BCUT2D eigenvalue weighted by Crippen LogP contribution is 2.38. The van der Waals surface area contributed by atoms with Crippen LogP contribution in [0, 0.1) is 23.6 Å². The van der Waals surface area contributed by atoms with E-state index in [0.717, 1.165) is 29.7 Å². The lowest BCUT2D eigenvalue weighted by Crippen LogP contribution is -2.19. The van der Waals surface area contributed by atoms with Crippen molar-refractivity contribution in [2.24, 2.45) is 17.8 Å². The van der Waals surface area contributed by atoms with Crippen LogP contribution in [0.25, 0.3) is 0 Å². The second kappa shape index (κ2) is 6.54. The predicted octanol–water partition coefficient (Wildman–Crippen LogP) is 5.78. The zero-order valence-corrected chi connectivity index (χ0v) is 12.5. The van der Waals surface area contributed by atoms with Gasteiger partial charge in [0.05, 0.1) is 0 Å². The van der Waals surface area contributed by atoms with Crippen molar-refractivity contribution in [1.82, 2.24) is 0 Å². The topological polar surface area (TPSA) is 0 Å². The summed E-state index contributed by atoms with van der Waals surface area (Å²) in [5.74, 6) is 2.85. The summed E-state index contributed by atoms with van der Waals surface area (Å²) in [5, 5.41) is 0. The highest BCUT2D eigenvalue weighted by molar-refractivity contribution is 5.21. The van der Waals surface area contributed by atoms with Crippen LogP contribution >= 0.6 is 0 Å². The molecule has 0 aromatic heterocycles. The molecule has 0 amide bonds. The van der Waals surface area contributed by atoms with Gasteiger partial charge in [0.2, 0.25) is 0 Å². The van der Waals surface area contributed by atoms with Gasteiger partial charge in [-0.15, -0.1) is 0 Å². The molecule has 0 N–H and O–H groups in total. The van der Waals surface area contributed by atoms with Gasteiger partial charge in [-0.2, -0.15) is 0 Å². The van der Waals surface area contributed by atoms with E-state index in [0.29, 0.717) is 5.92 Å². The summed E-state index contributed by atoms with van der Waals surface area (Å²) in [7, 11) is 0. The summed E-state index contributed by atoms with van der Waals surface area (Å²) in [4.78, 5) is 0. The van der Waals surface area contributed by atoms with Crippen molar-refractivity contribution in [2.45, 2.75) is 58.8 Å². The molecule has 0 spiro atoms. The molecule has 1 aromatic carbocycles. The average molecular weight is 262 g/mol. The van der Waals surface area contributed by atoms with Gasteiger partial charge in [-0.1, -0.05) is 51.8 Å². The molecule has 0 aliphatic heterocycles. The van der Waals surface area contributed by atoms with Crippen molar-refractivity contribution < 1.29 is 4.39 Å². The van der Waals surface area contributed by atoms with E-state index in [9.17, 15) is 4.39 Å². The first-order chi connectivity index (χ1) is 9.08. The zero-order valence-electron chi connectivity index (χ0n) is 12.5. The van der Waals surface area contributed by atoms with E-state index < -0.39 is 0 Å². The summed E-state index contributed by atoms with van der Waals surface area (Å²) in [6.07, 6.45) is 6.55. The largest absolute Gasteiger partial charge is 0.207 e. The third-order valence-corrected chi connectivity index (χ3v) is 4.96. The Hall–Kier alpha value is -0.850. The van der Waals surface area contributed by atoms with Gasteiger partial charge in [-0.25, -0.2) is 4.39 Å². The fourth-order valence-corrected chi connectivity index (χ4v) is 3.59. The standard InChI is InChI=1S/C18H27F/c1-13(2)16-10-8-15(9-11-16)12-14(3)17-6-4-5-7-18(17)19/h4-7,13-16H,8-12H2,1-3H3/t14-,15?,16?/m0/s1. The molecule has 0 unspecified atom stereocenters. The third-order valence-electron chi connectivity index (χ3n) is 4.96. The van der Waals surface area contributed by atoms with Crippen LogP contribution in [-0.4, -0.2) is 0 Å². The number of hydrogen-bond donors (Lipinski definition) is 0. The molecule has 106 valence electrons. The monoisotopic (exact) mass is 262 g/mol. The van der Waals surface area contributed by atoms with Gasteiger partial charge < -0.3 is 0 Å². The van der Waals surface area contributed by atoms with Crippen LogP contribution in [0.5, 0.6) is 0 Å². The van der Waals surface area contributed by atoms with Gasteiger partial charge in [0.1, 0.15) is 5.82 Å². The Bertz CT molecular complexity index is 388. The summed E-state index contributed by atoms with van der Waals surface area (Å²) < 4.78 is 13.8. The highest BCUT2D eigenvalue weighted by Gasteiger charge is 2.25. The lowest BCUT2D eigenvalue weighted by molar-refractivity contribution is 0.211. The van der Waals surface area contributed by atoms with Crippen molar-refractivity contribution in [3.05, 3.63) is 35.6 Å². The average Bonchev–Trinajstić information content (AvgIpc) is 2.39. The van der Waals surface area contributed by atoms with Gasteiger partial charge in [-0.3, -0.25) is 0 Å². The maximum Gasteiger partial charge on any atom is 0.126 e. The van der Waals surface area contributed by atoms with Gasteiger partial charge in [0.25, 0.3) is 0 Å².